The Bertz CT molecular complexity index is 839. The maximum atomic E-state index is 12.1. The smallest absolute Gasteiger partial charge is 0.239 e. The molecule has 0 aliphatic carbocycles. The number of para-hydroxylation sites is 1. The number of hydrogen-bond donors (Lipinski definition) is 1. The average molecular weight is 374 g/mol. The molecule has 0 bridgehead atoms. The van der Waals surface area contributed by atoms with Gasteiger partial charge in [0.15, 0.2) is 5.17 Å². The zero-order chi connectivity index (χ0) is 17.6. The molecule has 25 heavy (non-hydrogen) atoms. The van der Waals surface area contributed by atoms with E-state index in [2.05, 4.69) is 15.5 Å². The normalized spacial score (nSPS) is 18.7. The molecule has 1 amide bonds. The second kappa shape index (κ2) is 8.18. The minimum absolute atomic E-state index is 0.0869. The average Bonchev–Trinajstić information content (AvgIpc) is 2.97. The third kappa shape index (κ3) is 4.41. The van der Waals surface area contributed by atoms with Gasteiger partial charge >= 0.3 is 0 Å². The quantitative estimate of drug-likeness (QED) is 0.644. The first-order valence-corrected chi connectivity index (χ1v) is 8.88. The molecule has 0 spiro atoms. The van der Waals surface area contributed by atoms with Crippen LogP contribution < -0.4 is 10.1 Å². The molecule has 5 nitrogen and oxygen atoms in total. The summed E-state index contributed by atoms with van der Waals surface area (Å²) < 4.78 is 5.25. The summed E-state index contributed by atoms with van der Waals surface area (Å²) in [5.41, 5.74) is 1.76. The summed E-state index contributed by atoms with van der Waals surface area (Å²) in [6.45, 7) is 0. The minimum Gasteiger partial charge on any atom is -0.496 e. The van der Waals surface area contributed by atoms with Crippen molar-refractivity contribution in [1.29, 1.82) is 0 Å². The first-order chi connectivity index (χ1) is 12.2. The monoisotopic (exact) mass is 373 g/mol. The van der Waals surface area contributed by atoms with Crippen molar-refractivity contribution in [2.75, 3.05) is 7.11 Å². The molecule has 0 radical (unpaired) electrons. The Morgan fingerprint density at radius 3 is 2.80 bits per heavy atom. The molecule has 0 saturated carbocycles. The van der Waals surface area contributed by atoms with Gasteiger partial charge in [-0.2, -0.15) is 5.10 Å². The van der Waals surface area contributed by atoms with E-state index in [1.165, 1.54) is 11.8 Å². The highest BCUT2D eigenvalue weighted by Crippen LogP contribution is 2.26. The number of carbonyl (C=O) groups is 1. The predicted molar refractivity (Wildman–Crippen MR) is 103 cm³/mol. The summed E-state index contributed by atoms with van der Waals surface area (Å²) in [6, 6.07) is 15.0. The molecule has 2 aromatic rings. The van der Waals surface area contributed by atoms with Crippen LogP contribution in [-0.2, 0) is 11.2 Å². The van der Waals surface area contributed by atoms with Crippen LogP contribution in [0, 0.1) is 0 Å². The Kier molecular flexibility index (Phi) is 5.73. The van der Waals surface area contributed by atoms with Gasteiger partial charge in [-0.25, -0.2) is 0 Å². The summed E-state index contributed by atoms with van der Waals surface area (Å²) in [6.07, 6.45) is 2.14. The van der Waals surface area contributed by atoms with Gasteiger partial charge in [0.1, 0.15) is 5.75 Å². The zero-order valence-corrected chi connectivity index (χ0v) is 15.1. The lowest BCUT2D eigenvalue weighted by molar-refractivity contribution is -0.118. The number of hydrogen-bond acceptors (Lipinski definition) is 5. The van der Waals surface area contributed by atoms with Gasteiger partial charge in [-0.1, -0.05) is 53.7 Å². The molecule has 1 N–H and O–H groups in total. The number of amidine groups is 1. The van der Waals surface area contributed by atoms with Crippen molar-refractivity contribution < 1.29 is 9.53 Å². The standard InChI is InChI=1S/C18H16ClN3O2S/c1-24-15-9-5-3-7-13(15)11-20-22-18-21-17(23)16(25-18)10-12-6-2-4-8-14(12)19/h2-9,11,16H,10H2,1H3,(H,21,22,23). The third-order valence-electron chi connectivity index (χ3n) is 3.62. The second-order valence-corrected chi connectivity index (χ2v) is 6.88. The van der Waals surface area contributed by atoms with Gasteiger partial charge in [-0.05, 0) is 30.2 Å². The number of methoxy groups -OCH3 is 1. The molecule has 7 heteroatoms. The van der Waals surface area contributed by atoms with Gasteiger partial charge < -0.3 is 10.1 Å². The molecular formula is C18H16ClN3O2S. The van der Waals surface area contributed by atoms with Crippen LogP contribution in [0.25, 0.3) is 0 Å². The van der Waals surface area contributed by atoms with Crippen molar-refractivity contribution in [2.24, 2.45) is 10.2 Å². The highest BCUT2D eigenvalue weighted by molar-refractivity contribution is 8.15. The predicted octanol–water partition coefficient (Wildman–Crippen LogP) is 3.51. The highest BCUT2D eigenvalue weighted by Gasteiger charge is 2.30. The Hall–Kier alpha value is -2.31. The number of ether oxygens (including phenoxy) is 1. The number of carbonyl (C=O) groups excluding carboxylic acids is 1. The fourth-order valence-electron chi connectivity index (χ4n) is 2.37. The van der Waals surface area contributed by atoms with Gasteiger partial charge in [0.2, 0.25) is 5.91 Å². The van der Waals surface area contributed by atoms with E-state index in [-0.39, 0.29) is 11.2 Å². The molecule has 1 unspecified atom stereocenters. The van der Waals surface area contributed by atoms with Crippen LogP contribution in [0.2, 0.25) is 5.02 Å². The lowest BCUT2D eigenvalue weighted by atomic mass is 10.1. The Morgan fingerprint density at radius 1 is 1.24 bits per heavy atom. The van der Waals surface area contributed by atoms with Crippen molar-refractivity contribution in [3.05, 3.63) is 64.7 Å². The number of halogens is 1. The molecule has 3 rings (SSSR count). The van der Waals surface area contributed by atoms with Gasteiger partial charge in [-0.15, -0.1) is 5.10 Å². The Balaban J connectivity index is 1.67. The van der Waals surface area contributed by atoms with Crippen LogP contribution in [0.3, 0.4) is 0 Å². The summed E-state index contributed by atoms with van der Waals surface area (Å²) in [7, 11) is 1.60. The van der Waals surface area contributed by atoms with E-state index in [0.717, 1.165) is 11.1 Å². The second-order valence-electron chi connectivity index (χ2n) is 5.28. The van der Waals surface area contributed by atoms with Crippen LogP contribution in [0.5, 0.6) is 5.75 Å². The molecule has 2 aromatic carbocycles. The van der Waals surface area contributed by atoms with E-state index in [0.29, 0.717) is 22.4 Å². The molecule has 1 saturated heterocycles. The molecule has 1 aliphatic heterocycles. The van der Waals surface area contributed by atoms with Crippen molar-refractivity contribution >= 4 is 40.7 Å². The van der Waals surface area contributed by atoms with Crippen LogP contribution in [0.1, 0.15) is 11.1 Å². The van der Waals surface area contributed by atoms with Gasteiger partial charge in [0.25, 0.3) is 0 Å². The van der Waals surface area contributed by atoms with Crippen LogP contribution in [0.15, 0.2) is 58.7 Å². The number of nitrogens with one attached hydrogen (secondary N) is 1. The molecule has 0 aromatic heterocycles. The lowest BCUT2D eigenvalue weighted by Crippen LogP contribution is -2.26. The summed E-state index contributed by atoms with van der Waals surface area (Å²) in [5.74, 6) is 0.627. The minimum atomic E-state index is -0.264. The largest absolute Gasteiger partial charge is 0.496 e. The zero-order valence-electron chi connectivity index (χ0n) is 13.5. The van der Waals surface area contributed by atoms with E-state index in [4.69, 9.17) is 16.3 Å². The molecule has 1 fully saturated rings. The molecule has 128 valence electrons. The Labute approximate surface area is 155 Å². The first kappa shape index (κ1) is 17.5. The number of rotatable bonds is 5. The molecular weight excluding hydrogens is 358 g/mol. The fourth-order valence-corrected chi connectivity index (χ4v) is 3.53. The number of nitrogens with zero attached hydrogens (tertiary/aromatic N) is 2. The van der Waals surface area contributed by atoms with Crippen molar-refractivity contribution in [1.82, 2.24) is 5.32 Å². The van der Waals surface area contributed by atoms with E-state index in [1.54, 1.807) is 13.3 Å². The summed E-state index contributed by atoms with van der Waals surface area (Å²) in [5, 5.41) is 11.8. The first-order valence-electron chi connectivity index (χ1n) is 7.62. The third-order valence-corrected chi connectivity index (χ3v) is 5.06. The van der Waals surface area contributed by atoms with Crippen LogP contribution >= 0.6 is 23.4 Å². The number of benzene rings is 2. The Morgan fingerprint density at radius 2 is 2.00 bits per heavy atom. The van der Waals surface area contributed by atoms with Crippen LogP contribution in [0.4, 0.5) is 0 Å². The SMILES string of the molecule is COc1ccccc1C=N/N=C1\NC(=O)C(Cc2ccccc2Cl)S1. The van der Waals surface area contributed by atoms with Crippen molar-refractivity contribution in [3.8, 4) is 5.75 Å². The maximum absolute atomic E-state index is 12.1. The molecule has 1 atom stereocenters. The van der Waals surface area contributed by atoms with Gasteiger partial charge in [0.05, 0.1) is 18.6 Å². The van der Waals surface area contributed by atoms with Crippen LogP contribution in [-0.4, -0.2) is 29.6 Å². The highest BCUT2D eigenvalue weighted by atomic mass is 35.5. The van der Waals surface area contributed by atoms with E-state index < -0.39 is 0 Å². The van der Waals surface area contributed by atoms with E-state index >= 15 is 0 Å². The number of thioether (sulfide) groups is 1. The van der Waals surface area contributed by atoms with Gasteiger partial charge in [-0.3, -0.25) is 4.79 Å². The topological polar surface area (TPSA) is 63.1 Å². The van der Waals surface area contributed by atoms with E-state index in [1.807, 2.05) is 48.5 Å². The lowest BCUT2D eigenvalue weighted by Gasteiger charge is -2.06. The van der Waals surface area contributed by atoms with Gasteiger partial charge in [0, 0.05) is 10.6 Å². The fraction of sp³-hybridized carbons (Fsp3) is 0.167. The summed E-state index contributed by atoms with van der Waals surface area (Å²) >= 11 is 7.51. The number of amides is 1. The molecule has 1 aliphatic rings. The van der Waals surface area contributed by atoms with Crippen molar-refractivity contribution in [3.63, 3.8) is 0 Å². The maximum Gasteiger partial charge on any atom is 0.239 e. The summed E-state index contributed by atoms with van der Waals surface area (Å²) in [4.78, 5) is 12.1. The molecule has 1 heterocycles. The van der Waals surface area contributed by atoms with E-state index in [9.17, 15) is 4.79 Å². The van der Waals surface area contributed by atoms with Crippen molar-refractivity contribution in [2.45, 2.75) is 11.7 Å².